The molecule has 0 unspecified atom stereocenters. The molecule has 0 aliphatic carbocycles. The van der Waals surface area contributed by atoms with Gasteiger partial charge in [0.05, 0.1) is 13.2 Å². The van der Waals surface area contributed by atoms with E-state index in [0.29, 0.717) is 6.04 Å². The molecule has 1 aliphatic heterocycles. The van der Waals surface area contributed by atoms with Gasteiger partial charge in [0.15, 0.2) is 0 Å². The highest BCUT2D eigenvalue weighted by Gasteiger charge is 2.10. The Kier molecular flexibility index (Phi) is 7.01. The first-order valence-electron chi connectivity index (χ1n) is 6.78. The van der Waals surface area contributed by atoms with Gasteiger partial charge in [-0.1, -0.05) is 6.92 Å². The quantitative estimate of drug-likeness (QED) is 0.618. The van der Waals surface area contributed by atoms with Crippen LogP contribution in [0.3, 0.4) is 0 Å². The molecule has 96 valence electrons. The van der Waals surface area contributed by atoms with E-state index in [1.54, 1.807) is 0 Å². The van der Waals surface area contributed by atoms with Crippen LogP contribution in [0.4, 0.5) is 0 Å². The molecule has 1 saturated heterocycles. The van der Waals surface area contributed by atoms with Crippen LogP contribution in [-0.2, 0) is 4.74 Å². The Morgan fingerprint density at radius 1 is 1.19 bits per heavy atom. The second kappa shape index (κ2) is 8.04. The summed E-state index contributed by atoms with van der Waals surface area (Å²) < 4.78 is 5.34. The predicted octanol–water partition coefficient (Wildman–Crippen LogP) is 1.83. The third-order valence-electron chi connectivity index (χ3n) is 3.41. The van der Waals surface area contributed by atoms with Crippen molar-refractivity contribution in [3.05, 3.63) is 0 Å². The van der Waals surface area contributed by atoms with Crippen molar-refractivity contribution in [2.45, 2.75) is 39.7 Å². The lowest BCUT2D eigenvalue weighted by molar-refractivity contribution is 0.0367. The zero-order valence-corrected chi connectivity index (χ0v) is 11.2. The molecule has 1 heterocycles. The van der Waals surface area contributed by atoms with Crippen LogP contribution in [0.2, 0.25) is 0 Å². The summed E-state index contributed by atoms with van der Waals surface area (Å²) >= 11 is 0. The molecular formula is C13H28N2O. The summed E-state index contributed by atoms with van der Waals surface area (Å²) in [5.41, 5.74) is 0. The van der Waals surface area contributed by atoms with E-state index in [1.807, 2.05) is 0 Å². The maximum Gasteiger partial charge on any atom is 0.0594 e. The van der Waals surface area contributed by atoms with E-state index in [0.717, 1.165) is 26.3 Å². The average Bonchev–Trinajstić information content (AvgIpc) is 2.30. The molecule has 1 fully saturated rings. The van der Waals surface area contributed by atoms with Crippen molar-refractivity contribution in [3.8, 4) is 0 Å². The minimum Gasteiger partial charge on any atom is -0.379 e. The van der Waals surface area contributed by atoms with Gasteiger partial charge in [-0.3, -0.25) is 4.90 Å². The van der Waals surface area contributed by atoms with Crippen molar-refractivity contribution in [1.29, 1.82) is 0 Å². The minimum atomic E-state index is 0.688. The number of unbranched alkanes of at least 4 members (excludes halogenated alkanes) is 1. The summed E-state index contributed by atoms with van der Waals surface area (Å²) in [5, 5.41) is 0. The van der Waals surface area contributed by atoms with Gasteiger partial charge in [0, 0.05) is 19.1 Å². The summed E-state index contributed by atoms with van der Waals surface area (Å²) in [7, 11) is 0. The molecule has 0 amide bonds. The molecule has 0 aromatic rings. The SMILES string of the molecule is CCN(CCCCN1CCOCC1)C(C)C. The molecule has 0 aromatic carbocycles. The fourth-order valence-corrected chi connectivity index (χ4v) is 2.26. The molecule has 3 nitrogen and oxygen atoms in total. The highest BCUT2D eigenvalue weighted by molar-refractivity contribution is 4.64. The fourth-order valence-electron chi connectivity index (χ4n) is 2.26. The minimum absolute atomic E-state index is 0.688. The van der Waals surface area contributed by atoms with Gasteiger partial charge in [0.2, 0.25) is 0 Å². The second-order valence-electron chi connectivity index (χ2n) is 4.88. The Morgan fingerprint density at radius 3 is 2.44 bits per heavy atom. The molecule has 0 spiro atoms. The number of ether oxygens (including phenoxy) is 1. The molecule has 16 heavy (non-hydrogen) atoms. The Balaban J connectivity index is 2.01. The average molecular weight is 228 g/mol. The van der Waals surface area contributed by atoms with Gasteiger partial charge in [-0.2, -0.15) is 0 Å². The van der Waals surface area contributed by atoms with E-state index in [-0.39, 0.29) is 0 Å². The zero-order valence-electron chi connectivity index (χ0n) is 11.2. The molecule has 1 aliphatic rings. The number of hydrogen-bond acceptors (Lipinski definition) is 3. The molecule has 0 saturated carbocycles. The first-order chi connectivity index (χ1) is 7.74. The van der Waals surface area contributed by atoms with Crippen LogP contribution < -0.4 is 0 Å². The van der Waals surface area contributed by atoms with Gasteiger partial charge in [0.25, 0.3) is 0 Å². The second-order valence-corrected chi connectivity index (χ2v) is 4.88. The Labute approximate surface area is 101 Å². The van der Waals surface area contributed by atoms with Crippen molar-refractivity contribution >= 4 is 0 Å². The molecule has 0 bridgehead atoms. The van der Waals surface area contributed by atoms with Gasteiger partial charge >= 0.3 is 0 Å². The van der Waals surface area contributed by atoms with E-state index in [9.17, 15) is 0 Å². The lowest BCUT2D eigenvalue weighted by Gasteiger charge is -2.28. The van der Waals surface area contributed by atoms with Crippen molar-refractivity contribution in [2.75, 3.05) is 45.9 Å². The van der Waals surface area contributed by atoms with Gasteiger partial charge in [0.1, 0.15) is 0 Å². The molecule has 3 heteroatoms. The predicted molar refractivity (Wildman–Crippen MR) is 68.9 cm³/mol. The molecule has 0 radical (unpaired) electrons. The molecule has 0 N–H and O–H groups in total. The van der Waals surface area contributed by atoms with Crippen LogP contribution in [-0.4, -0.2) is 61.8 Å². The summed E-state index contributed by atoms with van der Waals surface area (Å²) in [6.45, 7) is 14.6. The van der Waals surface area contributed by atoms with E-state index in [4.69, 9.17) is 4.74 Å². The van der Waals surface area contributed by atoms with Crippen molar-refractivity contribution in [2.24, 2.45) is 0 Å². The highest BCUT2D eigenvalue weighted by atomic mass is 16.5. The smallest absolute Gasteiger partial charge is 0.0594 e. The van der Waals surface area contributed by atoms with Crippen LogP contribution in [0, 0.1) is 0 Å². The molecule has 0 aromatic heterocycles. The van der Waals surface area contributed by atoms with Gasteiger partial charge in [-0.25, -0.2) is 0 Å². The molecular weight excluding hydrogens is 200 g/mol. The standard InChI is InChI=1S/C13H28N2O/c1-4-15(13(2)3)8-6-5-7-14-9-11-16-12-10-14/h13H,4-12H2,1-3H3. The molecule has 0 atom stereocenters. The normalized spacial score (nSPS) is 18.6. The van der Waals surface area contributed by atoms with E-state index in [1.165, 1.54) is 32.5 Å². The fraction of sp³-hybridized carbons (Fsp3) is 1.00. The third-order valence-corrected chi connectivity index (χ3v) is 3.41. The van der Waals surface area contributed by atoms with Gasteiger partial charge < -0.3 is 9.64 Å². The largest absolute Gasteiger partial charge is 0.379 e. The summed E-state index contributed by atoms with van der Waals surface area (Å²) in [6.07, 6.45) is 2.65. The van der Waals surface area contributed by atoms with Crippen LogP contribution in [0.15, 0.2) is 0 Å². The highest BCUT2D eigenvalue weighted by Crippen LogP contribution is 2.03. The van der Waals surface area contributed by atoms with Gasteiger partial charge in [-0.15, -0.1) is 0 Å². The lowest BCUT2D eigenvalue weighted by atomic mass is 10.2. The van der Waals surface area contributed by atoms with E-state index in [2.05, 4.69) is 30.6 Å². The van der Waals surface area contributed by atoms with E-state index >= 15 is 0 Å². The van der Waals surface area contributed by atoms with Gasteiger partial charge in [-0.05, 0) is 46.3 Å². The Bertz CT molecular complexity index is 167. The van der Waals surface area contributed by atoms with Crippen molar-refractivity contribution in [3.63, 3.8) is 0 Å². The number of hydrogen-bond donors (Lipinski definition) is 0. The maximum atomic E-state index is 5.34. The van der Waals surface area contributed by atoms with E-state index < -0.39 is 0 Å². The van der Waals surface area contributed by atoms with Crippen LogP contribution in [0.5, 0.6) is 0 Å². The molecule has 1 rings (SSSR count). The Hall–Kier alpha value is -0.120. The van der Waals surface area contributed by atoms with Crippen LogP contribution >= 0.6 is 0 Å². The summed E-state index contributed by atoms with van der Waals surface area (Å²) in [5.74, 6) is 0. The third kappa shape index (κ3) is 5.28. The maximum absolute atomic E-state index is 5.34. The lowest BCUT2D eigenvalue weighted by Crippen LogP contribution is -2.37. The topological polar surface area (TPSA) is 15.7 Å². The van der Waals surface area contributed by atoms with Crippen molar-refractivity contribution < 1.29 is 4.74 Å². The first kappa shape index (κ1) is 13.9. The monoisotopic (exact) mass is 228 g/mol. The Morgan fingerprint density at radius 2 is 1.88 bits per heavy atom. The van der Waals surface area contributed by atoms with Crippen LogP contribution in [0.1, 0.15) is 33.6 Å². The first-order valence-corrected chi connectivity index (χ1v) is 6.78. The summed E-state index contributed by atoms with van der Waals surface area (Å²) in [6, 6.07) is 0.688. The number of rotatable bonds is 7. The number of nitrogens with zero attached hydrogens (tertiary/aromatic N) is 2. The van der Waals surface area contributed by atoms with Crippen LogP contribution in [0.25, 0.3) is 0 Å². The number of morpholine rings is 1. The summed E-state index contributed by atoms with van der Waals surface area (Å²) in [4.78, 5) is 5.06. The zero-order chi connectivity index (χ0) is 11.8. The van der Waals surface area contributed by atoms with Crippen molar-refractivity contribution in [1.82, 2.24) is 9.80 Å².